The van der Waals surface area contributed by atoms with Crippen LogP contribution in [0.4, 0.5) is 0 Å². The first-order valence-electron chi connectivity index (χ1n) is 4.22. The highest BCUT2D eigenvalue weighted by Crippen LogP contribution is 2.15. The molecule has 4 heteroatoms. The second-order valence-corrected chi connectivity index (χ2v) is 3.26. The van der Waals surface area contributed by atoms with Gasteiger partial charge in [0.2, 0.25) is 0 Å². The van der Waals surface area contributed by atoms with Gasteiger partial charge in [-0.25, -0.2) is 4.98 Å². The zero-order chi connectivity index (χ0) is 10.2. The number of hydrogen-bond donors (Lipinski definition) is 0. The van der Waals surface area contributed by atoms with Crippen molar-refractivity contribution in [2.75, 3.05) is 6.61 Å². The third kappa shape index (κ3) is 3.14. The second kappa shape index (κ2) is 6.10. The van der Waals surface area contributed by atoms with Crippen molar-refractivity contribution in [3.63, 3.8) is 0 Å². The molecule has 14 heavy (non-hydrogen) atoms. The van der Waals surface area contributed by atoms with Gasteiger partial charge in [-0.1, -0.05) is 12.1 Å². The van der Waals surface area contributed by atoms with Crippen LogP contribution >= 0.6 is 11.3 Å². The van der Waals surface area contributed by atoms with E-state index < -0.39 is 0 Å². The Morgan fingerprint density at radius 2 is 2.29 bits per heavy atom. The molecule has 1 aromatic heterocycles. The van der Waals surface area contributed by atoms with Crippen molar-refractivity contribution in [2.45, 2.75) is 6.92 Å². The Bertz CT molecular complexity index is 356. The molecule has 3 nitrogen and oxygen atoms in total. The van der Waals surface area contributed by atoms with Gasteiger partial charge in [0.05, 0.1) is 22.3 Å². The third-order valence-corrected chi connectivity index (χ3v) is 2.28. The molecule has 0 aliphatic rings. The fourth-order valence-electron chi connectivity index (χ4n) is 0.871. The Hall–Kier alpha value is -1.42. The summed E-state index contributed by atoms with van der Waals surface area (Å²) in [5.74, 6) is 0. The average molecular weight is 209 g/mol. The topological polar surface area (TPSA) is 39.2 Å². The van der Waals surface area contributed by atoms with Crippen molar-refractivity contribution in [1.82, 2.24) is 4.98 Å². The van der Waals surface area contributed by atoms with Gasteiger partial charge in [-0.15, -0.1) is 11.3 Å². The summed E-state index contributed by atoms with van der Waals surface area (Å²) in [6, 6.07) is 8.13. The molecule has 0 saturated carbocycles. The molecule has 0 atom stereocenters. The van der Waals surface area contributed by atoms with Crippen molar-refractivity contribution < 1.29 is 9.53 Å². The minimum Gasteiger partial charge on any atom is -0.468 e. The van der Waals surface area contributed by atoms with Crippen LogP contribution < -0.4 is 0 Å². The third-order valence-electron chi connectivity index (χ3n) is 1.47. The molecule has 0 bridgehead atoms. The van der Waals surface area contributed by atoms with Crippen LogP contribution in [0.3, 0.4) is 0 Å². The van der Waals surface area contributed by atoms with Gasteiger partial charge >= 0.3 is 0 Å². The predicted molar refractivity (Wildman–Crippen MR) is 57.3 cm³/mol. The Morgan fingerprint density at radius 3 is 2.86 bits per heavy atom. The first kappa shape index (κ1) is 10.7. The van der Waals surface area contributed by atoms with Crippen LogP contribution in [0.5, 0.6) is 0 Å². The van der Waals surface area contributed by atoms with E-state index in [1.165, 1.54) is 4.70 Å². The fourth-order valence-corrected chi connectivity index (χ4v) is 1.55. The van der Waals surface area contributed by atoms with Crippen molar-refractivity contribution >= 4 is 28.0 Å². The van der Waals surface area contributed by atoms with E-state index in [0.29, 0.717) is 13.1 Å². The first-order chi connectivity index (χ1) is 6.88. The first-order valence-corrected chi connectivity index (χ1v) is 5.10. The van der Waals surface area contributed by atoms with Gasteiger partial charge in [0.25, 0.3) is 6.47 Å². The second-order valence-electron chi connectivity index (χ2n) is 2.37. The van der Waals surface area contributed by atoms with Crippen LogP contribution in [0.1, 0.15) is 6.92 Å². The van der Waals surface area contributed by atoms with Gasteiger partial charge in [0, 0.05) is 0 Å². The molecule has 0 saturated heterocycles. The summed E-state index contributed by atoms with van der Waals surface area (Å²) in [6.07, 6.45) is 0. The molecule has 0 unspecified atom stereocenters. The number of fused-ring (bicyclic) bond motifs is 1. The molecule has 2 rings (SSSR count). The fraction of sp³-hybridized carbons (Fsp3) is 0.200. The smallest absolute Gasteiger partial charge is 0.293 e. The monoisotopic (exact) mass is 209 g/mol. The van der Waals surface area contributed by atoms with Gasteiger partial charge in [0.1, 0.15) is 0 Å². The van der Waals surface area contributed by atoms with E-state index in [1.807, 2.05) is 23.7 Å². The maximum absolute atomic E-state index is 9.18. The largest absolute Gasteiger partial charge is 0.468 e. The molecular formula is C10H11NO2S. The van der Waals surface area contributed by atoms with Crippen LogP contribution in [-0.2, 0) is 9.53 Å². The highest BCUT2D eigenvalue weighted by atomic mass is 32.1. The van der Waals surface area contributed by atoms with Crippen molar-refractivity contribution in [2.24, 2.45) is 0 Å². The van der Waals surface area contributed by atoms with Gasteiger partial charge < -0.3 is 4.74 Å². The number of rotatable bonds is 2. The number of thiazole rings is 1. The number of carbonyl (C=O) groups excluding carboxylic acids is 1. The van der Waals surface area contributed by atoms with Crippen molar-refractivity contribution in [3.8, 4) is 0 Å². The number of aromatic nitrogens is 1. The van der Waals surface area contributed by atoms with Gasteiger partial charge in [0.15, 0.2) is 0 Å². The van der Waals surface area contributed by atoms with E-state index in [1.54, 1.807) is 18.3 Å². The van der Waals surface area contributed by atoms with Gasteiger partial charge in [-0.3, -0.25) is 4.79 Å². The molecule has 0 spiro atoms. The summed E-state index contributed by atoms with van der Waals surface area (Å²) in [7, 11) is 0. The summed E-state index contributed by atoms with van der Waals surface area (Å²) in [4.78, 5) is 13.3. The number of benzene rings is 1. The molecule has 0 radical (unpaired) electrons. The molecule has 0 fully saturated rings. The molecule has 0 aliphatic heterocycles. The summed E-state index contributed by atoms with van der Waals surface area (Å²) in [5, 5.41) is 0. The summed E-state index contributed by atoms with van der Waals surface area (Å²) >= 11 is 1.68. The van der Waals surface area contributed by atoms with E-state index in [9.17, 15) is 4.79 Å². The van der Waals surface area contributed by atoms with Gasteiger partial charge in [-0.2, -0.15) is 0 Å². The van der Waals surface area contributed by atoms with Gasteiger partial charge in [-0.05, 0) is 19.1 Å². The number of nitrogens with zero attached hydrogens (tertiary/aromatic N) is 1. The summed E-state index contributed by atoms with van der Waals surface area (Å²) in [5.41, 5.74) is 2.97. The quantitative estimate of drug-likeness (QED) is 0.713. The van der Waals surface area contributed by atoms with E-state index in [0.717, 1.165) is 5.52 Å². The number of carbonyl (C=O) groups is 1. The van der Waals surface area contributed by atoms with E-state index in [-0.39, 0.29) is 0 Å². The van der Waals surface area contributed by atoms with Crippen LogP contribution in [-0.4, -0.2) is 18.1 Å². The van der Waals surface area contributed by atoms with Crippen molar-refractivity contribution in [1.29, 1.82) is 0 Å². The van der Waals surface area contributed by atoms with Crippen LogP contribution in [0.2, 0.25) is 0 Å². The lowest BCUT2D eigenvalue weighted by Crippen LogP contribution is -1.80. The zero-order valence-corrected chi connectivity index (χ0v) is 8.66. The molecule has 1 heterocycles. The molecule has 0 N–H and O–H groups in total. The van der Waals surface area contributed by atoms with Crippen molar-refractivity contribution in [3.05, 3.63) is 29.8 Å². The SMILES string of the molecule is CCOC=O.c1ccc2scnc2c1. The predicted octanol–water partition coefficient (Wildman–Crippen LogP) is 2.48. The Labute approximate surface area is 86.3 Å². The standard InChI is InChI=1S/C7H5NS.C3H6O2/c1-2-4-7-6(3-1)8-5-9-7;1-2-5-3-4/h1-5H;3H,2H2,1H3. The van der Waals surface area contributed by atoms with Crippen LogP contribution in [0.25, 0.3) is 10.2 Å². The minimum absolute atomic E-state index is 0.431. The maximum Gasteiger partial charge on any atom is 0.293 e. The lowest BCUT2D eigenvalue weighted by atomic mass is 10.3. The number of para-hydroxylation sites is 1. The molecule has 0 amide bonds. The molecule has 2 aromatic rings. The number of hydrogen-bond acceptors (Lipinski definition) is 4. The highest BCUT2D eigenvalue weighted by Gasteiger charge is 1.89. The Kier molecular flexibility index (Phi) is 4.64. The average Bonchev–Trinajstić information content (AvgIpc) is 2.67. The lowest BCUT2D eigenvalue weighted by molar-refractivity contribution is -0.128. The Balaban J connectivity index is 0.000000171. The van der Waals surface area contributed by atoms with Crippen LogP contribution in [0.15, 0.2) is 29.8 Å². The molecular weight excluding hydrogens is 198 g/mol. The van der Waals surface area contributed by atoms with Crippen LogP contribution in [0, 0.1) is 0 Å². The maximum atomic E-state index is 9.18. The molecule has 0 aliphatic carbocycles. The lowest BCUT2D eigenvalue weighted by Gasteiger charge is -1.80. The Morgan fingerprint density at radius 1 is 1.50 bits per heavy atom. The van der Waals surface area contributed by atoms with E-state index >= 15 is 0 Å². The molecule has 74 valence electrons. The molecule has 1 aromatic carbocycles. The minimum atomic E-state index is 0.431. The summed E-state index contributed by atoms with van der Waals surface area (Å²) in [6.45, 7) is 2.66. The van der Waals surface area contributed by atoms with E-state index in [4.69, 9.17) is 0 Å². The zero-order valence-electron chi connectivity index (χ0n) is 7.84. The summed E-state index contributed by atoms with van der Waals surface area (Å²) < 4.78 is 5.41. The number of ether oxygens (including phenoxy) is 1. The normalized spacial score (nSPS) is 8.93. The highest BCUT2D eigenvalue weighted by molar-refractivity contribution is 7.16. The van der Waals surface area contributed by atoms with E-state index in [2.05, 4.69) is 15.8 Å².